The van der Waals surface area contributed by atoms with Crippen LogP contribution in [0.25, 0.3) is 88.0 Å². The number of hydrogen-bond acceptors (Lipinski definition) is 2. The predicted molar refractivity (Wildman–Crippen MR) is 245 cm³/mol. The van der Waals surface area contributed by atoms with Crippen LogP contribution in [0.4, 0.5) is 17.1 Å². The first-order chi connectivity index (χ1) is 28.8. The third-order valence-electron chi connectivity index (χ3n) is 11.5. The van der Waals surface area contributed by atoms with Crippen LogP contribution in [0.2, 0.25) is 0 Å². The van der Waals surface area contributed by atoms with Crippen molar-refractivity contribution in [2.45, 2.75) is 0 Å². The Morgan fingerprint density at radius 3 is 1.78 bits per heavy atom. The molecular weight excluding hydrogens is 703 g/mol. The molecule has 0 atom stereocenters. The number of para-hydroxylation sites is 3. The minimum atomic E-state index is 0.877. The number of hydrogen-bond donors (Lipinski definition) is 0. The van der Waals surface area contributed by atoms with Crippen LogP contribution in [0.1, 0.15) is 0 Å². The van der Waals surface area contributed by atoms with Crippen molar-refractivity contribution < 1.29 is 4.42 Å². The highest BCUT2D eigenvalue weighted by molar-refractivity contribution is 6.13. The Labute approximate surface area is 337 Å². The summed E-state index contributed by atoms with van der Waals surface area (Å²) in [5.74, 6) is 0. The van der Waals surface area contributed by atoms with E-state index < -0.39 is 0 Å². The Hall–Kier alpha value is -7.68. The largest absolute Gasteiger partial charge is 0.455 e. The van der Waals surface area contributed by atoms with E-state index in [2.05, 4.69) is 223 Å². The number of benzene rings is 10. The smallest absolute Gasteiger partial charge is 0.143 e. The Kier molecular flexibility index (Phi) is 8.19. The van der Waals surface area contributed by atoms with Crippen molar-refractivity contribution >= 4 is 60.5 Å². The van der Waals surface area contributed by atoms with Gasteiger partial charge in [0.1, 0.15) is 11.2 Å². The molecule has 0 amide bonds. The van der Waals surface area contributed by atoms with Crippen molar-refractivity contribution in [2.75, 3.05) is 4.90 Å². The second kappa shape index (κ2) is 14.1. The van der Waals surface area contributed by atoms with E-state index in [9.17, 15) is 0 Å². The zero-order valence-corrected chi connectivity index (χ0v) is 31.7. The number of furan rings is 1. The Morgan fingerprint density at radius 2 is 0.914 bits per heavy atom. The number of anilines is 3. The highest BCUT2D eigenvalue weighted by atomic mass is 16.3. The van der Waals surface area contributed by atoms with Gasteiger partial charge in [-0.2, -0.15) is 0 Å². The lowest BCUT2D eigenvalue weighted by Gasteiger charge is -2.31. The quantitative estimate of drug-likeness (QED) is 0.162. The van der Waals surface area contributed by atoms with E-state index in [0.29, 0.717) is 0 Å². The van der Waals surface area contributed by atoms with E-state index >= 15 is 0 Å². The summed E-state index contributed by atoms with van der Waals surface area (Å²) in [6.07, 6.45) is 0. The molecule has 0 unspecified atom stereocenters. The molecule has 0 spiro atoms. The van der Waals surface area contributed by atoms with Gasteiger partial charge in [0.05, 0.1) is 11.4 Å². The van der Waals surface area contributed by atoms with Crippen molar-refractivity contribution in [3.63, 3.8) is 0 Å². The molecule has 0 saturated heterocycles. The molecule has 0 bridgehead atoms. The fraction of sp³-hybridized carbons (Fsp3) is 0. The average molecular weight is 740 g/mol. The van der Waals surface area contributed by atoms with Crippen molar-refractivity contribution in [1.82, 2.24) is 0 Å². The molecule has 11 rings (SSSR count). The molecule has 1 aromatic heterocycles. The zero-order valence-electron chi connectivity index (χ0n) is 31.7. The van der Waals surface area contributed by atoms with Gasteiger partial charge in [-0.15, -0.1) is 0 Å². The molecule has 0 aliphatic rings. The first-order valence-corrected chi connectivity index (χ1v) is 19.8. The topological polar surface area (TPSA) is 16.4 Å². The molecular formula is C56H37NO. The molecule has 11 aromatic rings. The molecule has 0 radical (unpaired) electrons. The summed E-state index contributed by atoms with van der Waals surface area (Å²) in [5, 5.41) is 7.03. The second-order valence-corrected chi connectivity index (χ2v) is 14.8. The first kappa shape index (κ1) is 33.6. The fourth-order valence-electron chi connectivity index (χ4n) is 8.77. The van der Waals surface area contributed by atoms with Crippen LogP contribution in [0, 0.1) is 0 Å². The van der Waals surface area contributed by atoms with Gasteiger partial charge in [-0.25, -0.2) is 0 Å². The Balaban J connectivity index is 1.22. The normalized spacial score (nSPS) is 11.4. The van der Waals surface area contributed by atoms with E-state index in [1.807, 2.05) is 6.07 Å². The van der Waals surface area contributed by atoms with Crippen LogP contribution < -0.4 is 4.90 Å². The van der Waals surface area contributed by atoms with E-state index in [1.165, 1.54) is 32.7 Å². The summed E-state index contributed by atoms with van der Waals surface area (Å²) in [7, 11) is 0. The highest BCUT2D eigenvalue weighted by Gasteiger charge is 2.25. The zero-order chi connectivity index (χ0) is 38.4. The van der Waals surface area contributed by atoms with Crippen molar-refractivity contribution in [3.8, 4) is 44.5 Å². The van der Waals surface area contributed by atoms with Crippen LogP contribution in [-0.4, -0.2) is 0 Å². The number of rotatable bonds is 7. The summed E-state index contributed by atoms with van der Waals surface area (Å²) in [5.41, 5.74) is 14.1. The van der Waals surface area contributed by atoms with Gasteiger partial charge in [0, 0.05) is 33.2 Å². The monoisotopic (exact) mass is 739 g/mol. The lowest BCUT2D eigenvalue weighted by atomic mass is 9.90. The third kappa shape index (κ3) is 5.74. The van der Waals surface area contributed by atoms with Gasteiger partial charge in [0.15, 0.2) is 0 Å². The van der Waals surface area contributed by atoms with Crippen LogP contribution in [0.5, 0.6) is 0 Å². The average Bonchev–Trinajstić information content (AvgIpc) is 3.69. The van der Waals surface area contributed by atoms with E-state index in [-0.39, 0.29) is 0 Å². The van der Waals surface area contributed by atoms with Crippen LogP contribution >= 0.6 is 0 Å². The van der Waals surface area contributed by atoms with Gasteiger partial charge >= 0.3 is 0 Å². The summed E-state index contributed by atoms with van der Waals surface area (Å²) >= 11 is 0. The maximum Gasteiger partial charge on any atom is 0.143 e. The summed E-state index contributed by atoms with van der Waals surface area (Å²) in [6.45, 7) is 0. The summed E-state index contributed by atoms with van der Waals surface area (Å²) in [6, 6.07) is 80.8. The van der Waals surface area contributed by atoms with Gasteiger partial charge < -0.3 is 9.32 Å². The lowest BCUT2D eigenvalue weighted by molar-refractivity contribution is 0.670. The fourth-order valence-corrected chi connectivity index (χ4v) is 8.77. The standard InChI is InChI=1S/C56H37NO/c1-3-17-39(18-4-1)45-25-13-22-42-37-44(34-35-46(42)45)57(52-29-11-9-23-47(52)43-33-32-38-16-7-8-21-41(38)36-43)53-30-15-26-48(40-19-5-2-6-20-40)55(53)51-28-14-27-50-49-24-10-12-31-54(49)58-56(50)51/h1-37H. The SMILES string of the molecule is c1ccc(-c2cccc(N(c3ccc4c(-c5ccccc5)cccc4c3)c3ccccc3-c3ccc4ccccc4c3)c2-c2cccc3c2oc2ccccc23)cc1. The van der Waals surface area contributed by atoms with Gasteiger partial charge in [-0.1, -0.05) is 188 Å². The van der Waals surface area contributed by atoms with Crippen molar-refractivity contribution in [1.29, 1.82) is 0 Å². The number of fused-ring (bicyclic) bond motifs is 5. The molecule has 272 valence electrons. The molecule has 0 aliphatic heterocycles. The molecule has 1 heterocycles. The maximum atomic E-state index is 6.80. The van der Waals surface area contributed by atoms with E-state index in [1.54, 1.807) is 0 Å². The molecule has 0 saturated carbocycles. The molecule has 2 nitrogen and oxygen atoms in total. The van der Waals surface area contributed by atoms with E-state index in [4.69, 9.17) is 4.42 Å². The van der Waals surface area contributed by atoms with Gasteiger partial charge in [0.25, 0.3) is 0 Å². The lowest BCUT2D eigenvalue weighted by Crippen LogP contribution is -2.13. The maximum absolute atomic E-state index is 6.80. The van der Waals surface area contributed by atoms with Gasteiger partial charge in [0.2, 0.25) is 0 Å². The van der Waals surface area contributed by atoms with Crippen LogP contribution in [-0.2, 0) is 0 Å². The second-order valence-electron chi connectivity index (χ2n) is 14.8. The minimum Gasteiger partial charge on any atom is -0.455 e. The Morgan fingerprint density at radius 1 is 0.310 bits per heavy atom. The summed E-state index contributed by atoms with van der Waals surface area (Å²) < 4.78 is 6.80. The number of nitrogens with zero attached hydrogens (tertiary/aromatic N) is 1. The third-order valence-corrected chi connectivity index (χ3v) is 11.5. The Bertz CT molecular complexity index is 3290. The molecule has 0 aliphatic carbocycles. The first-order valence-electron chi connectivity index (χ1n) is 19.8. The van der Waals surface area contributed by atoms with Crippen LogP contribution in [0.15, 0.2) is 229 Å². The van der Waals surface area contributed by atoms with Crippen molar-refractivity contribution in [2.24, 2.45) is 0 Å². The molecule has 10 aromatic carbocycles. The van der Waals surface area contributed by atoms with Crippen molar-refractivity contribution in [3.05, 3.63) is 224 Å². The predicted octanol–water partition coefficient (Wildman–Crippen LogP) is 16.0. The molecule has 2 heteroatoms. The molecule has 0 N–H and O–H groups in total. The minimum absolute atomic E-state index is 0.877. The molecule has 0 fully saturated rings. The van der Waals surface area contributed by atoms with Gasteiger partial charge in [-0.05, 0) is 85.8 Å². The highest BCUT2D eigenvalue weighted by Crippen LogP contribution is 2.50. The molecule has 58 heavy (non-hydrogen) atoms. The van der Waals surface area contributed by atoms with E-state index in [0.717, 1.165) is 72.4 Å². The van der Waals surface area contributed by atoms with Crippen LogP contribution in [0.3, 0.4) is 0 Å². The van der Waals surface area contributed by atoms with Gasteiger partial charge in [-0.3, -0.25) is 0 Å². The summed E-state index contributed by atoms with van der Waals surface area (Å²) in [4.78, 5) is 2.46.